The molecule has 1 fully saturated rings. The molecule has 0 radical (unpaired) electrons. The van der Waals surface area contributed by atoms with Gasteiger partial charge in [0.15, 0.2) is 0 Å². The number of nitrogens with two attached hydrogens (primary N) is 1. The highest BCUT2D eigenvalue weighted by Crippen LogP contribution is 2.31. The molecule has 1 unspecified atom stereocenters. The zero-order chi connectivity index (χ0) is 17.7. The van der Waals surface area contributed by atoms with E-state index in [0.717, 1.165) is 19.3 Å². The Morgan fingerprint density at radius 3 is 2.58 bits per heavy atom. The Bertz CT molecular complexity index is 685. The lowest BCUT2D eigenvalue weighted by Crippen LogP contribution is -2.35. The van der Waals surface area contributed by atoms with E-state index < -0.39 is 10.0 Å². The van der Waals surface area contributed by atoms with Crippen LogP contribution in [0.2, 0.25) is 0 Å². The molecule has 2 rings (SSSR count). The zero-order valence-corrected chi connectivity index (χ0v) is 14.9. The van der Waals surface area contributed by atoms with Crippen LogP contribution in [0.4, 0.5) is 5.69 Å². The number of hydrogen-bond donors (Lipinski definition) is 2. The number of anilines is 1. The van der Waals surface area contributed by atoms with Gasteiger partial charge >= 0.3 is 0 Å². The van der Waals surface area contributed by atoms with Gasteiger partial charge in [-0.3, -0.25) is 4.79 Å². The largest absolute Gasteiger partial charge is 0.495 e. The highest BCUT2D eigenvalue weighted by Gasteiger charge is 2.29. The fraction of sp³-hybridized carbons (Fsp3) is 0.562. The van der Waals surface area contributed by atoms with Gasteiger partial charge in [-0.25, -0.2) is 8.42 Å². The van der Waals surface area contributed by atoms with Crippen molar-refractivity contribution in [3.8, 4) is 5.75 Å². The van der Waals surface area contributed by atoms with Crippen LogP contribution in [-0.2, 0) is 14.8 Å². The Morgan fingerprint density at radius 1 is 1.33 bits per heavy atom. The summed E-state index contributed by atoms with van der Waals surface area (Å²) in [5.74, 6) is -0.330. The molecule has 24 heavy (non-hydrogen) atoms. The predicted octanol–water partition coefficient (Wildman–Crippen LogP) is 1.40. The number of benzene rings is 1. The smallest absolute Gasteiger partial charge is 0.246 e. The van der Waals surface area contributed by atoms with Crippen LogP contribution in [0.5, 0.6) is 5.75 Å². The second-order valence-electron chi connectivity index (χ2n) is 5.96. The molecule has 0 saturated carbocycles. The number of sulfonamides is 1. The maximum Gasteiger partial charge on any atom is 0.246 e. The number of nitrogens with zero attached hydrogens (tertiary/aromatic N) is 1. The standard InChI is InChI=1S/C16H25N3O4S/c1-12(11-17)16(20)18-13-6-7-14(23-2)15(10-13)24(21,22)19-8-4-3-5-9-19/h6-7,10,12H,3-5,8-9,11,17H2,1-2H3,(H,18,20). The molecule has 1 saturated heterocycles. The second kappa shape index (κ2) is 7.96. The van der Waals surface area contributed by atoms with E-state index in [1.807, 2.05) is 0 Å². The summed E-state index contributed by atoms with van der Waals surface area (Å²) in [6.07, 6.45) is 2.74. The molecular weight excluding hydrogens is 330 g/mol. The lowest BCUT2D eigenvalue weighted by molar-refractivity contribution is -0.119. The van der Waals surface area contributed by atoms with Gasteiger partial charge in [0.05, 0.1) is 7.11 Å². The monoisotopic (exact) mass is 355 g/mol. The minimum Gasteiger partial charge on any atom is -0.495 e. The summed E-state index contributed by atoms with van der Waals surface area (Å²) in [5.41, 5.74) is 5.90. The first kappa shape index (κ1) is 18.7. The lowest BCUT2D eigenvalue weighted by Gasteiger charge is -2.26. The van der Waals surface area contributed by atoms with Crippen molar-refractivity contribution in [2.45, 2.75) is 31.1 Å². The van der Waals surface area contributed by atoms with Crippen molar-refractivity contribution in [3.63, 3.8) is 0 Å². The summed E-state index contributed by atoms with van der Waals surface area (Å²) >= 11 is 0. The summed E-state index contributed by atoms with van der Waals surface area (Å²) in [5, 5.41) is 2.70. The number of methoxy groups -OCH3 is 1. The van der Waals surface area contributed by atoms with Gasteiger partial charge in [-0.1, -0.05) is 13.3 Å². The molecule has 1 aromatic rings. The Morgan fingerprint density at radius 2 is 2.00 bits per heavy atom. The van der Waals surface area contributed by atoms with Crippen molar-refractivity contribution in [1.82, 2.24) is 4.31 Å². The normalized spacial score (nSPS) is 17.3. The van der Waals surface area contributed by atoms with Crippen LogP contribution in [0.1, 0.15) is 26.2 Å². The van der Waals surface area contributed by atoms with Crippen molar-refractivity contribution in [2.24, 2.45) is 11.7 Å². The van der Waals surface area contributed by atoms with E-state index in [4.69, 9.17) is 10.5 Å². The second-order valence-corrected chi connectivity index (χ2v) is 7.86. The number of hydrogen-bond acceptors (Lipinski definition) is 5. The first-order valence-corrected chi connectivity index (χ1v) is 9.53. The third kappa shape index (κ3) is 4.06. The van der Waals surface area contributed by atoms with E-state index in [1.54, 1.807) is 19.1 Å². The van der Waals surface area contributed by atoms with E-state index in [0.29, 0.717) is 18.8 Å². The molecule has 1 aliphatic rings. The van der Waals surface area contributed by atoms with E-state index >= 15 is 0 Å². The first-order valence-electron chi connectivity index (χ1n) is 8.09. The van der Waals surface area contributed by atoms with Crippen molar-refractivity contribution in [1.29, 1.82) is 0 Å². The maximum atomic E-state index is 12.9. The van der Waals surface area contributed by atoms with Crippen LogP contribution in [0.25, 0.3) is 0 Å². The molecule has 1 heterocycles. The van der Waals surface area contributed by atoms with Gasteiger partial charge in [-0.15, -0.1) is 0 Å². The average Bonchev–Trinajstić information content (AvgIpc) is 2.61. The van der Waals surface area contributed by atoms with E-state index in [9.17, 15) is 13.2 Å². The molecule has 1 aromatic carbocycles. The molecule has 8 heteroatoms. The van der Waals surface area contributed by atoms with Gasteiger partial charge in [-0.2, -0.15) is 4.31 Å². The summed E-state index contributed by atoms with van der Waals surface area (Å²) in [7, 11) is -2.23. The Hall–Kier alpha value is -1.64. The fourth-order valence-electron chi connectivity index (χ4n) is 2.57. The van der Waals surface area contributed by atoms with Crippen LogP contribution in [0.15, 0.2) is 23.1 Å². The van der Waals surface area contributed by atoms with Gasteiger partial charge < -0.3 is 15.8 Å². The van der Waals surface area contributed by atoms with Crippen LogP contribution >= 0.6 is 0 Å². The number of carbonyl (C=O) groups is 1. The predicted molar refractivity (Wildman–Crippen MR) is 92.5 cm³/mol. The SMILES string of the molecule is COc1ccc(NC(=O)C(C)CN)cc1S(=O)(=O)N1CCCCC1. The molecule has 1 aliphatic heterocycles. The lowest BCUT2D eigenvalue weighted by atomic mass is 10.1. The van der Waals surface area contributed by atoms with Crippen molar-refractivity contribution in [3.05, 3.63) is 18.2 Å². The Kier molecular flexibility index (Phi) is 6.20. The maximum absolute atomic E-state index is 12.9. The molecule has 1 atom stereocenters. The van der Waals surface area contributed by atoms with Crippen molar-refractivity contribution >= 4 is 21.6 Å². The minimum atomic E-state index is -3.66. The first-order chi connectivity index (χ1) is 11.4. The number of amides is 1. The van der Waals surface area contributed by atoms with Gasteiger partial charge in [-0.05, 0) is 31.0 Å². The molecule has 1 amide bonds. The molecule has 134 valence electrons. The molecule has 7 nitrogen and oxygen atoms in total. The molecule has 0 spiro atoms. The van der Waals surface area contributed by atoms with E-state index in [2.05, 4.69) is 5.32 Å². The number of piperidine rings is 1. The summed E-state index contributed by atoms with van der Waals surface area (Å²) < 4.78 is 32.5. The van der Waals surface area contributed by atoms with Gasteiger partial charge in [0.1, 0.15) is 10.6 Å². The van der Waals surface area contributed by atoms with Gasteiger partial charge in [0, 0.05) is 31.2 Å². The molecule has 0 bridgehead atoms. The van der Waals surface area contributed by atoms with E-state index in [1.165, 1.54) is 17.5 Å². The number of carbonyl (C=O) groups excluding carboxylic acids is 1. The highest BCUT2D eigenvalue weighted by atomic mass is 32.2. The molecule has 3 N–H and O–H groups in total. The van der Waals surface area contributed by atoms with Crippen molar-refractivity contribution < 1.29 is 17.9 Å². The zero-order valence-electron chi connectivity index (χ0n) is 14.1. The van der Waals surface area contributed by atoms with Crippen LogP contribution in [-0.4, -0.2) is 45.4 Å². The fourth-order valence-corrected chi connectivity index (χ4v) is 4.27. The topological polar surface area (TPSA) is 102 Å². The molecular formula is C16H25N3O4S. The average molecular weight is 355 g/mol. The third-order valence-corrected chi connectivity index (χ3v) is 6.08. The molecule has 0 aliphatic carbocycles. The van der Waals surface area contributed by atoms with Crippen molar-refractivity contribution in [2.75, 3.05) is 32.1 Å². The third-order valence-electron chi connectivity index (χ3n) is 4.17. The molecule has 0 aromatic heterocycles. The van der Waals surface area contributed by atoms with Gasteiger partial charge in [0.25, 0.3) is 0 Å². The number of nitrogens with one attached hydrogen (secondary N) is 1. The summed E-state index contributed by atoms with van der Waals surface area (Å²) in [4.78, 5) is 12.1. The quantitative estimate of drug-likeness (QED) is 0.803. The van der Waals surface area contributed by atoms with Crippen LogP contribution in [0.3, 0.4) is 0 Å². The Labute approximate surface area is 143 Å². The number of ether oxygens (including phenoxy) is 1. The summed E-state index contributed by atoms with van der Waals surface area (Å²) in [6, 6.07) is 4.62. The van der Waals surface area contributed by atoms with Crippen LogP contribution < -0.4 is 15.8 Å². The minimum absolute atomic E-state index is 0.0742. The summed E-state index contributed by atoms with van der Waals surface area (Å²) in [6.45, 7) is 2.95. The highest BCUT2D eigenvalue weighted by molar-refractivity contribution is 7.89. The van der Waals surface area contributed by atoms with E-state index in [-0.39, 0.29) is 29.0 Å². The van der Waals surface area contributed by atoms with Crippen LogP contribution in [0, 0.1) is 5.92 Å². The number of rotatable bonds is 6. The van der Waals surface area contributed by atoms with Gasteiger partial charge in [0.2, 0.25) is 15.9 Å². The Balaban J connectivity index is 2.33.